The quantitative estimate of drug-likeness (QED) is 0.237. The molecule has 6 rings (SSSR count). The van der Waals surface area contributed by atoms with Crippen LogP contribution in [0.15, 0.2) is 96.3 Å². The van der Waals surface area contributed by atoms with Crippen LogP contribution in [0.3, 0.4) is 0 Å². The van der Waals surface area contributed by atoms with Crippen molar-refractivity contribution in [1.82, 2.24) is 19.5 Å². The Labute approximate surface area is 247 Å². The van der Waals surface area contributed by atoms with Crippen LogP contribution in [-0.2, 0) is 19.8 Å². The van der Waals surface area contributed by atoms with Gasteiger partial charge in [-0.05, 0) is 41.0 Å². The first-order chi connectivity index (χ1) is 21.0. The molecule has 0 radical (unpaired) electrons. The second-order valence-electron chi connectivity index (χ2n) is 10.1. The average molecular weight is 585 g/mol. The molecule has 4 unspecified atom stereocenters. The van der Waals surface area contributed by atoms with Crippen LogP contribution in [0.2, 0.25) is 0 Å². The van der Waals surface area contributed by atoms with Crippen molar-refractivity contribution in [3.63, 3.8) is 0 Å². The average Bonchev–Trinajstić information content (AvgIpc) is 3.63. The molecule has 222 valence electrons. The lowest BCUT2D eigenvalue weighted by Crippen LogP contribution is -2.40. The largest absolute Gasteiger partial charge is 0.497 e. The van der Waals surface area contributed by atoms with Crippen molar-refractivity contribution >= 4 is 11.2 Å². The minimum absolute atomic E-state index is 0.00881. The number of aliphatic hydroxyl groups is 1. The summed E-state index contributed by atoms with van der Waals surface area (Å²) in [5.74, 6) is 1.42. The van der Waals surface area contributed by atoms with E-state index >= 15 is 0 Å². The lowest BCUT2D eigenvalue weighted by molar-refractivity contribution is -0.0948. The van der Waals surface area contributed by atoms with Gasteiger partial charge in [0.1, 0.15) is 35.4 Å². The number of ether oxygens (including phenoxy) is 5. The molecule has 0 saturated carbocycles. The van der Waals surface area contributed by atoms with Crippen molar-refractivity contribution < 1.29 is 28.8 Å². The number of imidazole rings is 1. The zero-order valence-electron chi connectivity index (χ0n) is 23.9. The minimum atomic E-state index is -1.10. The van der Waals surface area contributed by atoms with Gasteiger partial charge in [0.15, 0.2) is 17.4 Å². The molecule has 43 heavy (non-hydrogen) atoms. The van der Waals surface area contributed by atoms with Crippen LogP contribution < -0.4 is 15.0 Å². The van der Waals surface area contributed by atoms with Gasteiger partial charge in [0.25, 0.3) is 5.56 Å². The Morgan fingerprint density at radius 3 is 2.07 bits per heavy atom. The zero-order chi connectivity index (χ0) is 30.0. The first-order valence-corrected chi connectivity index (χ1v) is 13.7. The van der Waals surface area contributed by atoms with E-state index in [0.29, 0.717) is 17.1 Å². The molecule has 4 atom stereocenters. The lowest BCUT2D eigenvalue weighted by atomic mass is 9.80. The topological polar surface area (TPSA) is 130 Å². The standard InChI is InChI=1S/C32H32N4O7/c1-39-23-13-9-21(10-14-23)32(20-7-5-4-6-8-20,22-11-15-24(40-2)16-12-22)42-17-25-27(37)28(41-3)31(43-25)36-19-35-26-29(36)33-18-34-30(26)38/h4-16,18-19,25,27-28,31,37H,17H2,1-3H3,(H,33,34,38). The monoisotopic (exact) mass is 584 g/mol. The van der Waals surface area contributed by atoms with E-state index in [4.69, 9.17) is 23.7 Å². The SMILES string of the molecule is COc1ccc(C(OCC2OC(n3cnc4c(=O)[nH]cnc43)C(OC)C2O)(c2ccccc2)c2ccc(OC)cc2)cc1. The van der Waals surface area contributed by atoms with Crippen LogP contribution in [0.25, 0.3) is 11.2 Å². The number of methoxy groups -OCH3 is 3. The van der Waals surface area contributed by atoms with Crippen molar-refractivity contribution in [2.24, 2.45) is 0 Å². The third kappa shape index (κ3) is 5.06. The maximum absolute atomic E-state index is 12.3. The third-order valence-electron chi connectivity index (χ3n) is 7.86. The molecular formula is C32H32N4O7. The normalized spacial score (nSPS) is 20.4. The summed E-state index contributed by atoms with van der Waals surface area (Å²) < 4.78 is 31.5. The molecule has 3 aromatic carbocycles. The molecular weight excluding hydrogens is 552 g/mol. The number of benzene rings is 3. The third-order valence-corrected chi connectivity index (χ3v) is 7.86. The van der Waals surface area contributed by atoms with Crippen LogP contribution in [0.1, 0.15) is 22.9 Å². The van der Waals surface area contributed by atoms with Gasteiger partial charge in [-0.1, -0.05) is 54.6 Å². The van der Waals surface area contributed by atoms with Crippen molar-refractivity contribution in [2.75, 3.05) is 27.9 Å². The van der Waals surface area contributed by atoms with E-state index in [0.717, 1.165) is 16.7 Å². The van der Waals surface area contributed by atoms with E-state index in [1.165, 1.54) is 19.8 Å². The van der Waals surface area contributed by atoms with E-state index in [1.54, 1.807) is 18.8 Å². The molecule has 1 aliphatic rings. The number of nitrogens with one attached hydrogen (secondary N) is 1. The highest BCUT2D eigenvalue weighted by atomic mass is 16.6. The Kier molecular flexibility index (Phi) is 7.96. The number of hydrogen-bond acceptors (Lipinski definition) is 9. The predicted octanol–water partition coefficient (Wildman–Crippen LogP) is 3.42. The first kappa shape index (κ1) is 28.6. The van der Waals surface area contributed by atoms with Gasteiger partial charge in [-0.2, -0.15) is 0 Å². The zero-order valence-corrected chi connectivity index (χ0v) is 23.9. The first-order valence-electron chi connectivity index (χ1n) is 13.7. The minimum Gasteiger partial charge on any atom is -0.497 e. The summed E-state index contributed by atoms with van der Waals surface area (Å²) in [6.07, 6.45) is -0.679. The molecule has 1 aliphatic heterocycles. The van der Waals surface area contributed by atoms with Gasteiger partial charge in [0.2, 0.25) is 0 Å². The molecule has 0 aliphatic carbocycles. The molecule has 0 spiro atoms. The summed E-state index contributed by atoms with van der Waals surface area (Å²) in [6, 6.07) is 25.3. The van der Waals surface area contributed by atoms with Crippen molar-refractivity contribution in [2.45, 2.75) is 30.1 Å². The van der Waals surface area contributed by atoms with Gasteiger partial charge in [-0.15, -0.1) is 0 Å². The number of aliphatic hydroxyl groups excluding tert-OH is 1. The molecule has 2 N–H and O–H groups in total. The van der Waals surface area contributed by atoms with Crippen LogP contribution >= 0.6 is 0 Å². The van der Waals surface area contributed by atoms with E-state index in [2.05, 4.69) is 15.0 Å². The van der Waals surface area contributed by atoms with Gasteiger partial charge in [-0.3, -0.25) is 9.36 Å². The smallest absolute Gasteiger partial charge is 0.278 e. The van der Waals surface area contributed by atoms with Crippen LogP contribution in [0.5, 0.6) is 11.5 Å². The summed E-state index contributed by atoms with van der Waals surface area (Å²) >= 11 is 0. The Bertz CT molecular complexity index is 1670. The van der Waals surface area contributed by atoms with Crippen molar-refractivity contribution in [3.05, 3.63) is 119 Å². The van der Waals surface area contributed by atoms with E-state index < -0.39 is 30.1 Å². The fourth-order valence-corrected chi connectivity index (χ4v) is 5.67. The van der Waals surface area contributed by atoms with Crippen LogP contribution in [0.4, 0.5) is 0 Å². The second kappa shape index (κ2) is 12.0. The van der Waals surface area contributed by atoms with Crippen molar-refractivity contribution in [3.8, 4) is 11.5 Å². The predicted molar refractivity (Wildman–Crippen MR) is 157 cm³/mol. The maximum Gasteiger partial charge on any atom is 0.278 e. The molecule has 3 heterocycles. The highest BCUT2D eigenvalue weighted by Crippen LogP contribution is 2.43. The fourth-order valence-electron chi connectivity index (χ4n) is 5.67. The molecule has 11 heteroatoms. The molecule has 1 saturated heterocycles. The summed E-state index contributed by atoms with van der Waals surface area (Å²) in [4.78, 5) is 23.3. The highest BCUT2D eigenvalue weighted by Gasteiger charge is 2.48. The number of rotatable bonds is 10. The Morgan fingerprint density at radius 1 is 0.884 bits per heavy atom. The molecule has 5 aromatic rings. The number of aromatic nitrogens is 4. The van der Waals surface area contributed by atoms with Crippen LogP contribution in [0, 0.1) is 0 Å². The summed E-state index contributed by atoms with van der Waals surface area (Å²) in [5, 5.41) is 11.4. The second-order valence-corrected chi connectivity index (χ2v) is 10.1. The fraction of sp³-hybridized carbons (Fsp3) is 0.281. The molecule has 0 bridgehead atoms. The van der Waals surface area contributed by atoms with E-state index in [1.807, 2.05) is 78.9 Å². The summed E-state index contributed by atoms with van der Waals surface area (Å²) in [6.45, 7) is -0.00881. The molecule has 0 amide bonds. The van der Waals surface area contributed by atoms with Gasteiger partial charge >= 0.3 is 0 Å². The Balaban J connectivity index is 1.40. The summed E-state index contributed by atoms with van der Waals surface area (Å²) in [7, 11) is 4.74. The number of fused-ring (bicyclic) bond motifs is 1. The summed E-state index contributed by atoms with van der Waals surface area (Å²) in [5.41, 5.74) is 1.59. The molecule has 1 fully saturated rings. The molecule has 11 nitrogen and oxygen atoms in total. The van der Waals surface area contributed by atoms with Crippen molar-refractivity contribution in [1.29, 1.82) is 0 Å². The number of aromatic amines is 1. The maximum atomic E-state index is 12.3. The van der Waals surface area contributed by atoms with Gasteiger partial charge < -0.3 is 33.8 Å². The van der Waals surface area contributed by atoms with E-state index in [9.17, 15) is 9.90 Å². The Hall–Kier alpha value is -4.55. The Morgan fingerprint density at radius 2 is 1.49 bits per heavy atom. The number of H-pyrrole nitrogens is 1. The number of nitrogens with zero attached hydrogens (tertiary/aromatic N) is 3. The van der Waals surface area contributed by atoms with Gasteiger partial charge in [-0.25, -0.2) is 9.97 Å². The van der Waals surface area contributed by atoms with Crippen LogP contribution in [-0.4, -0.2) is 70.9 Å². The number of hydrogen-bond donors (Lipinski definition) is 2. The van der Waals surface area contributed by atoms with E-state index in [-0.39, 0.29) is 17.7 Å². The van der Waals surface area contributed by atoms with Gasteiger partial charge in [0, 0.05) is 7.11 Å². The van der Waals surface area contributed by atoms with Gasteiger partial charge in [0.05, 0.1) is 33.5 Å². The lowest BCUT2D eigenvalue weighted by Gasteiger charge is -2.37. The highest BCUT2D eigenvalue weighted by molar-refractivity contribution is 5.68. The molecule has 2 aromatic heterocycles.